The molecule has 0 amide bonds. The third-order valence-corrected chi connectivity index (χ3v) is 1.83. The summed E-state index contributed by atoms with van der Waals surface area (Å²) >= 11 is 0. The molecular formula is C8H14O4. The summed E-state index contributed by atoms with van der Waals surface area (Å²) in [7, 11) is 0. The number of rotatable bonds is 4. The van der Waals surface area contributed by atoms with Gasteiger partial charge in [0.05, 0.1) is 0 Å². The van der Waals surface area contributed by atoms with E-state index in [0.29, 0.717) is 0 Å². The molecule has 0 aromatic heterocycles. The molecule has 0 radical (unpaired) electrons. The molecule has 0 aromatic carbocycles. The van der Waals surface area contributed by atoms with Crippen LogP contribution in [0.1, 0.15) is 20.8 Å². The predicted octanol–water partition coefficient (Wildman–Crippen LogP) is -0.478. The Balaban J connectivity index is 4.76. The summed E-state index contributed by atoms with van der Waals surface area (Å²) < 4.78 is 0. The van der Waals surface area contributed by atoms with E-state index in [1.807, 2.05) is 0 Å². The minimum atomic E-state index is -2.05. The molecule has 0 bridgehead atoms. The van der Waals surface area contributed by atoms with Crippen molar-refractivity contribution >= 4 is 12.1 Å². The molecule has 12 heavy (non-hydrogen) atoms. The summed E-state index contributed by atoms with van der Waals surface area (Å²) in [5.74, 6) is -1.38. The first-order valence-electron chi connectivity index (χ1n) is 3.77. The van der Waals surface area contributed by atoms with Crippen LogP contribution in [0.4, 0.5) is 0 Å². The van der Waals surface area contributed by atoms with Gasteiger partial charge < -0.3 is 10.2 Å². The topological polar surface area (TPSA) is 74.6 Å². The standard InChI is InChI=1S/C8H14O4/c1-5(2)8(12,4-9)7(11)6(3)10/h4-6,10,12H,1-3H3. The molecule has 0 saturated carbocycles. The number of aliphatic hydroxyl groups excluding tert-OH is 1. The maximum atomic E-state index is 11.1. The molecule has 0 saturated heterocycles. The molecule has 2 N–H and O–H groups in total. The zero-order valence-electron chi connectivity index (χ0n) is 7.44. The van der Waals surface area contributed by atoms with E-state index in [1.54, 1.807) is 0 Å². The van der Waals surface area contributed by atoms with Gasteiger partial charge in [-0.1, -0.05) is 13.8 Å². The van der Waals surface area contributed by atoms with Gasteiger partial charge in [0.2, 0.25) is 0 Å². The number of aldehydes is 1. The van der Waals surface area contributed by atoms with Crippen LogP contribution in [-0.2, 0) is 9.59 Å². The van der Waals surface area contributed by atoms with Crippen LogP contribution in [0, 0.1) is 5.92 Å². The molecule has 4 heteroatoms. The van der Waals surface area contributed by atoms with Crippen LogP contribution in [0.2, 0.25) is 0 Å². The number of hydrogen-bond acceptors (Lipinski definition) is 4. The lowest BCUT2D eigenvalue weighted by Gasteiger charge is -2.25. The van der Waals surface area contributed by atoms with Crippen molar-refractivity contribution in [3.05, 3.63) is 0 Å². The molecule has 0 heterocycles. The Kier molecular flexibility index (Phi) is 3.55. The van der Waals surface area contributed by atoms with Gasteiger partial charge in [-0.2, -0.15) is 0 Å². The van der Waals surface area contributed by atoms with Crippen LogP contribution in [0.3, 0.4) is 0 Å². The van der Waals surface area contributed by atoms with Gasteiger partial charge in [0.15, 0.2) is 17.7 Å². The van der Waals surface area contributed by atoms with Crippen LogP contribution in [0.5, 0.6) is 0 Å². The first kappa shape index (κ1) is 11.3. The van der Waals surface area contributed by atoms with Crippen molar-refractivity contribution in [3.8, 4) is 0 Å². The molecule has 0 spiro atoms. The summed E-state index contributed by atoms with van der Waals surface area (Å²) in [6.45, 7) is 4.29. The van der Waals surface area contributed by atoms with Gasteiger partial charge in [-0.25, -0.2) is 0 Å². The molecule has 0 aromatic rings. The fourth-order valence-corrected chi connectivity index (χ4v) is 0.813. The first-order valence-corrected chi connectivity index (χ1v) is 3.77. The second-order valence-corrected chi connectivity index (χ2v) is 3.14. The molecular weight excluding hydrogens is 160 g/mol. The lowest BCUT2D eigenvalue weighted by molar-refractivity contribution is -0.154. The van der Waals surface area contributed by atoms with Crippen LogP contribution in [-0.4, -0.2) is 34.0 Å². The highest BCUT2D eigenvalue weighted by molar-refractivity contribution is 6.03. The fourth-order valence-electron chi connectivity index (χ4n) is 0.813. The van der Waals surface area contributed by atoms with Crippen molar-refractivity contribution in [2.24, 2.45) is 5.92 Å². The van der Waals surface area contributed by atoms with Gasteiger partial charge in [-0.15, -0.1) is 0 Å². The van der Waals surface area contributed by atoms with Crippen molar-refractivity contribution in [3.63, 3.8) is 0 Å². The van der Waals surface area contributed by atoms with Gasteiger partial charge >= 0.3 is 0 Å². The van der Waals surface area contributed by atoms with E-state index in [1.165, 1.54) is 20.8 Å². The Morgan fingerprint density at radius 2 is 1.83 bits per heavy atom. The molecule has 70 valence electrons. The summed E-state index contributed by atoms with van der Waals surface area (Å²) in [6.07, 6.45) is -1.14. The Hall–Kier alpha value is -0.740. The molecule has 0 aliphatic carbocycles. The van der Waals surface area contributed by atoms with Crippen LogP contribution in [0.25, 0.3) is 0 Å². The molecule has 0 aliphatic heterocycles. The number of carbonyl (C=O) groups is 2. The highest BCUT2D eigenvalue weighted by Crippen LogP contribution is 2.17. The third kappa shape index (κ3) is 1.89. The Morgan fingerprint density at radius 1 is 1.42 bits per heavy atom. The van der Waals surface area contributed by atoms with Gasteiger partial charge in [-0.3, -0.25) is 9.59 Å². The lowest BCUT2D eigenvalue weighted by Crippen LogP contribution is -2.49. The Morgan fingerprint density at radius 3 is 1.92 bits per heavy atom. The minimum absolute atomic E-state index is 0.173. The molecule has 0 fully saturated rings. The molecule has 2 atom stereocenters. The largest absolute Gasteiger partial charge is 0.385 e. The second kappa shape index (κ2) is 3.78. The normalized spacial score (nSPS) is 18.5. The average Bonchev–Trinajstić information content (AvgIpc) is 2.01. The predicted molar refractivity (Wildman–Crippen MR) is 42.5 cm³/mol. The van der Waals surface area contributed by atoms with E-state index >= 15 is 0 Å². The van der Waals surface area contributed by atoms with Crippen LogP contribution in [0.15, 0.2) is 0 Å². The lowest BCUT2D eigenvalue weighted by atomic mass is 9.85. The Labute approximate surface area is 71.2 Å². The maximum absolute atomic E-state index is 11.1. The smallest absolute Gasteiger partial charge is 0.199 e. The number of carbonyl (C=O) groups excluding carboxylic acids is 2. The van der Waals surface area contributed by atoms with E-state index < -0.39 is 23.4 Å². The molecule has 4 nitrogen and oxygen atoms in total. The van der Waals surface area contributed by atoms with Gasteiger partial charge in [0.25, 0.3) is 0 Å². The minimum Gasteiger partial charge on any atom is -0.385 e. The monoisotopic (exact) mass is 174 g/mol. The highest BCUT2D eigenvalue weighted by Gasteiger charge is 2.40. The summed E-state index contributed by atoms with van der Waals surface area (Å²) in [6, 6.07) is 0. The molecule has 2 unspecified atom stereocenters. The van der Waals surface area contributed by atoms with Crippen LogP contribution >= 0.6 is 0 Å². The Bertz CT molecular complexity index is 185. The van der Waals surface area contributed by atoms with Gasteiger partial charge in [0, 0.05) is 0 Å². The van der Waals surface area contributed by atoms with Crippen molar-refractivity contribution in [1.29, 1.82) is 0 Å². The van der Waals surface area contributed by atoms with Crippen molar-refractivity contribution in [2.45, 2.75) is 32.5 Å². The summed E-state index contributed by atoms with van der Waals surface area (Å²) in [5.41, 5.74) is -2.05. The first-order chi connectivity index (χ1) is 5.36. The average molecular weight is 174 g/mol. The summed E-state index contributed by atoms with van der Waals surface area (Å²) in [5, 5.41) is 18.3. The molecule has 0 rings (SSSR count). The number of hydrogen-bond donors (Lipinski definition) is 2. The van der Waals surface area contributed by atoms with Crippen LogP contribution < -0.4 is 0 Å². The zero-order valence-corrected chi connectivity index (χ0v) is 7.44. The van der Waals surface area contributed by atoms with E-state index in [0.717, 1.165) is 0 Å². The van der Waals surface area contributed by atoms with Crippen molar-refractivity contribution in [1.82, 2.24) is 0 Å². The second-order valence-electron chi connectivity index (χ2n) is 3.14. The van der Waals surface area contributed by atoms with E-state index in [4.69, 9.17) is 5.11 Å². The quantitative estimate of drug-likeness (QED) is 0.446. The molecule has 0 aliphatic rings. The van der Waals surface area contributed by atoms with Crippen molar-refractivity contribution < 1.29 is 19.8 Å². The zero-order chi connectivity index (χ0) is 9.94. The highest BCUT2D eigenvalue weighted by atomic mass is 16.3. The number of aliphatic hydroxyl groups is 2. The number of ketones is 1. The van der Waals surface area contributed by atoms with Gasteiger partial charge in [-0.05, 0) is 12.8 Å². The van der Waals surface area contributed by atoms with E-state index in [-0.39, 0.29) is 6.29 Å². The van der Waals surface area contributed by atoms with Crippen molar-refractivity contribution in [2.75, 3.05) is 0 Å². The number of Topliss-reactive ketones (excluding diaryl/α,β-unsaturated/α-hetero) is 1. The van der Waals surface area contributed by atoms with E-state index in [2.05, 4.69) is 0 Å². The van der Waals surface area contributed by atoms with Gasteiger partial charge in [0.1, 0.15) is 6.10 Å². The maximum Gasteiger partial charge on any atom is 0.199 e. The van der Waals surface area contributed by atoms with E-state index in [9.17, 15) is 14.7 Å². The fraction of sp³-hybridized carbons (Fsp3) is 0.750. The SMILES string of the molecule is CC(O)C(=O)C(O)(C=O)C(C)C. The third-order valence-electron chi connectivity index (χ3n) is 1.83. The summed E-state index contributed by atoms with van der Waals surface area (Å²) in [4.78, 5) is 21.5.